The molecule has 0 aliphatic heterocycles. The average molecular weight is 473 g/mol. The zero-order valence-electron chi connectivity index (χ0n) is 19.6. The third kappa shape index (κ3) is 5.31. The van der Waals surface area contributed by atoms with Gasteiger partial charge in [0.1, 0.15) is 5.75 Å². The van der Waals surface area contributed by atoms with E-state index in [-0.39, 0.29) is 11.7 Å². The molecule has 0 aliphatic carbocycles. The van der Waals surface area contributed by atoms with Gasteiger partial charge in [-0.25, -0.2) is 0 Å². The van der Waals surface area contributed by atoms with Gasteiger partial charge in [-0.3, -0.25) is 9.36 Å². The second-order valence-electron chi connectivity index (χ2n) is 7.95. The Morgan fingerprint density at radius 3 is 2.41 bits per heavy atom. The van der Waals surface area contributed by atoms with Crippen LogP contribution in [0.2, 0.25) is 0 Å². The van der Waals surface area contributed by atoms with Crippen LogP contribution in [0.4, 0.5) is 5.69 Å². The first-order chi connectivity index (χ1) is 16.6. The molecule has 1 N–H and O–H groups in total. The van der Waals surface area contributed by atoms with Crippen molar-refractivity contribution in [3.8, 4) is 22.8 Å². The Balaban J connectivity index is 1.54. The number of para-hydroxylation sites is 2. The minimum Gasteiger partial charge on any atom is -0.496 e. The van der Waals surface area contributed by atoms with Crippen molar-refractivity contribution in [3.63, 3.8) is 0 Å². The molecular formula is C27H28N4O2S. The molecule has 174 valence electrons. The summed E-state index contributed by atoms with van der Waals surface area (Å²) in [6.07, 6.45) is 1.08. The zero-order chi connectivity index (χ0) is 23.9. The summed E-state index contributed by atoms with van der Waals surface area (Å²) in [7, 11) is 1.64. The van der Waals surface area contributed by atoms with Gasteiger partial charge >= 0.3 is 0 Å². The van der Waals surface area contributed by atoms with Crippen LogP contribution in [0.15, 0.2) is 84.0 Å². The summed E-state index contributed by atoms with van der Waals surface area (Å²) in [5, 5.41) is 12.5. The van der Waals surface area contributed by atoms with Gasteiger partial charge in [-0.1, -0.05) is 68.1 Å². The highest BCUT2D eigenvalue weighted by atomic mass is 32.2. The van der Waals surface area contributed by atoms with Crippen LogP contribution in [0.3, 0.4) is 0 Å². The number of methoxy groups -OCH3 is 1. The van der Waals surface area contributed by atoms with Crippen LogP contribution in [0, 0.1) is 0 Å². The lowest BCUT2D eigenvalue weighted by molar-refractivity contribution is -0.113. The fourth-order valence-corrected chi connectivity index (χ4v) is 4.39. The van der Waals surface area contributed by atoms with Crippen molar-refractivity contribution in [2.75, 3.05) is 18.2 Å². The third-order valence-corrected chi connectivity index (χ3v) is 6.63. The Morgan fingerprint density at radius 2 is 1.71 bits per heavy atom. The van der Waals surface area contributed by atoms with Crippen LogP contribution < -0.4 is 10.1 Å². The molecule has 34 heavy (non-hydrogen) atoms. The SMILES string of the molecule is CC[C@H](C)c1ccc(NC(=O)CSc2nnc(-c3ccccc3OC)n2-c2ccccc2)cc1. The van der Waals surface area contributed by atoms with Crippen LogP contribution >= 0.6 is 11.8 Å². The maximum Gasteiger partial charge on any atom is 0.234 e. The van der Waals surface area contributed by atoms with Gasteiger partial charge in [0, 0.05) is 11.4 Å². The van der Waals surface area contributed by atoms with Gasteiger partial charge in [-0.05, 0) is 54.3 Å². The first kappa shape index (κ1) is 23.6. The normalized spacial score (nSPS) is 11.7. The molecule has 7 heteroatoms. The summed E-state index contributed by atoms with van der Waals surface area (Å²) < 4.78 is 7.50. The van der Waals surface area contributed by atoms with E-state index in [0.29, 0.717) is 22.6 Å². The summed E-state index contributed by atoms with van der Waals surface area (Å²) in [5.41, 5.74) is 3.81. The van der Waals surface area contributed by atoms with E-state index in [2.05, 4.69) is 41.5 Å². The van der Waals surface area contributed by atoms with E-state index in [1.807, 2.05) is 71.3 Å². The van der Waals surface area contributed by atoms with E-state index in [1.54, 1.807) is 7.11 Å². The Kier molecular flexibility index (Phi) is 7.65. The molecule has 0 aliphatic rings. The standard InChI is InChI=1S/C27H28N4O2S/c1-4-19(2)20-14-16-21(17-15-20)28-25(32)18-34-27-30-29-26(23-12-8-9-13-24(23)33-3)31(27)22-10-6-5-7-11-22/h5-17,19H,4,18H2,1-3H3,(H,28,32)/t19-/m0/s1. The largest absolute Gasteiger partial charge is 0.496 e. The number of ether oxygens (including phenoxy) is 1. The monoisotopic (exact) mass is 472 g/mol. The molecule has 3 aromatic carbocycles. The van der Waals surface area contributed by atoms with Crippen LogP contribution in [-0.2, 0) is 4.79 Å². The predicted octanol–water partition coefficient (Wildman–Crippen LogP) is 6.19. The molecule has 0 saturated heterocycles. The van der Waals surface area contributed by atoms with Crippen LogP contribution in [0.25, 0.3) is 17.1 Å². The molecule has 4 aromatic rings. The van der Waals surface area contributed by atoms with E-state index in [4.69, 9.17) is 4.74 Å². The second kappa shape index (κ2) is 11.0. The first-order valence-corrected chi connectivity index (χ1v) is 12.3. The van der Waals surface area contributed by atoms with E-state index >= 15 is 0 Å². The van der Waals surface area contributed by atoms with Crippen molar-refractivity contribution in [3.05, 3.63) is 84.4 Å². The summed E-state index contributed by atoms with van der Waals surface area (Å²) in [5.74, 6) is 1.99. The summed E-state index contributed by atoms with van der Waals surface area (Å²) >= 11 is 1.35. The molecule has 6 nitrogen and oxygen atoms in total. The molecule has 0 fully saturated rings. The molecule has 0 bridgehead atoms. The molecule has 1 aromatic heterocycles. The highest BCUT2D eigenvalue weighted by Crippen LogP contribution is 2.33. The number of benzene rings is 3. The van der Waals surface area contributed by atoms with E-state index in [0.717, 1.165) is 23.4 Å². The Hall–Kier alpha value is -3.58. The maximum atomic E-state index is 12.7. The Bertz CT molecular complexity index is 1240. The quantitative estimate of drug-likeness (QED) is 0.294. The highest BCUT2D eigenvalue weighted by molar-refractivity contribution is 7.99. The number of carbonyl (C=O) groups excluding carboxylic acids is 1. The van der Waals surface area contributed by atoms with E-state index in [9.17, 15) is 4.79 Å². The molecule has 1 heterocycles. The highest BCUT2D eigenvalue weighted by Gasteiger charge is 2.19. The molecule has 1 atom stereocenters. The topological polar surface area (TPSA) is 69.0 Å². The van der Waals surface area contributed by atoms with Crippen molar-refractivity contribution in [1.29, 1.82) is 0 Å². The number of nitrogens with zero attached hydrogens (tertiary/aromatic N) is 3. The number of hydrogen-bond acceptors (Lipinski definition) is 5. The lowest BCUT2D eigenvalue weighted by Gasteiger charge is -2.12. The third-order valence-electron chi connectivity index (χ3n) is 5.70. The molecule has 0 spiro atoms. The van der Waals surface area contributed by atoms with Gasteiger partial charge in [0.25, 0.3) is 0 Å². The van der Waals surface area contributed by atoms with E-state index in [1.165, 1.54) is 17.3 Å². The first-order valence-electron chi connectivity index (χ1n) is 11.3. The van der Waals surface area contributed by atoms with Gasteiger partial charge < -0.3 is 10.1 Å². The smallest absolute Gasteiger partial charge is 0.234 e. The van der Waals surface area contributed by atoms with Crippen molar-refractivity contribution in [1.82, 2.24) is 14.8 Å². The van der Waals surface area contributed by atoms with Gasteiger partial charge in [-0.15, -0.1) is 10.2 Å². The molecule has 0 saturated carbocycles. The number of rotatable bonds is 9. The lowest BCUT2D eigenvalue weighted by atomic mass is 9.99. The van der Waals surface area contributed by atoms with Gasteiger partial charge in [0.2, 0.25) is 5.91 Å². The number of carbonyl (C=O) groups is 1. The average Bonchev–Trinajstić information content (AvgIpc) is 3.31. The number of hydrogen-bond donors (Lipinski definition) is 1. The van der Waals surface area contributed by atoms with Gasteiger partial charge in [0.05, 0.1) is 18.4 Å². The summed E-state index contributed by atoms with van der Waals surface area (Å²) in [6.45, 7) is 4.37. The number of thioether (sulfide) groups is 1. The Morgan fingerprint density at radius 1 is 1.00 bits per heavy atom. The van der Waals surface area contributed by atoms with Crippen LogP contribution in [0.1, 0.15) is 31.7 Å². The van der Waals surface area contributed by atoms with Crippen LogP contribution in [-0.4, -0.2) is 33.5 Å². The molecule has 0 radical (unpaired) electrons. The van der Waals surface area contributed by atoms with Crippen LogP contribution in [0.5, 0.6) is 5.75 Å². The number of aromatic nitrogens is 3. The van der Waals surface area contributed by atoms with Crippen molar-refractivity contribution < 1.29 is 9.53 Å². The molecular weight excluding hydrogens is 444 g/mol. The number of amides is 1. The fraction of sp³-hybridized carbons (Fsp3) is 0.222. The van der Waals surface area contributed by atoms with Gasteiger partial charge in [0.15, 0.2) is 11.0 Å². The van der Waals surface area contributed by atoms with Crippen molar-refractivity contribution >= 4 is 23.4 Å². The fourth-order valence-electron chi connectivity index (χ4n) is 3.63. The zero-order valence-corrected chi connectivity index (χ0v) is 20.4. The summed E-state index contributed by atoms with van der Waals surface area (Å²) in [6, 6.07) is 25.6. The Labute approximate surface area is 204 Å². The number of anilines is 1. The maximum absolute atomic E-state index is 12.7. The predicted molar refractivity (Wildman–Crippen MR) is 138 cm³/mol. The minimum absolute atomic E-state index is 0.0947. The molecule has 1 amide bonds. The minimum atomic E-state index is -0.0947. The number of nitrogens with one attached hydrogen (secondary N) is 1. The van der Waals surface area contributed by atoms with E-state index < -0.39 is 0 Å². The summed E-state index contributed by atoms with van der Waals surface area (Å²) in [4.78, 5) is 12.7. The molecule has 0 unspecified atom stereocenters. The van der Waals surface area contributed by atoms with Crippen molar-refractivity contribution in [2.24, 2.45) is 0 Å². The van der Waals surface area contributed by atoms with Gasteiger partial charge in [-0.2, -0.15) is 0 Å². The lowest BCUT2D eigenvalue weighted by Crippen LogP contribution is -2.14. The van der Waals surface area contributed by atoms with Crippen molar-refractivity contribution in [2.45, 2.75) is 31.3 Å². The molecule has 4 rings (SSSR count). The second-order valence-corrected chi connectivity index (χ2v) is 8.89.